The van der Waals surface area contributed by atoms with Gasteiger partial charge >= 0.3 is 5.97 Å². The molecule has 0 saturated carbocycles. The normalized spacial score (nSPS) is 11.9. The Balaban J connectivity index is 3.18. The number of benzene rings is 1. The lowest BCUT2D eigenvalue weighted by Gasteiger charge is -2.32. The maximum Gasteiger partial charge on any atom is 0.346 e. The molecule has 9 nitrogen and oxygen atoms in total. The van der Waals surface area contributed by atoms with Crippen LogP contribution in [0.3, 0.4) is 0 Å². The van der Waals surface area contributed by atoms with Crippen LogP contribution < -0.4 is 9.47 Å². The van der Waals surface area contributed by atoms with E-state index in [2.05, 4.69) is 0 Å². The lowest BCUT2D eigenvalue weighted by Crippen LogP contribution is -2.47. The Bertz CT molecular complexity index is 708. The number of esters is 1. The molecular weight excluding hydrogens is 356 g/mol. The van der Waals surface area contributed by atoms with Gasteiger partial charge in [-0.1, -0.05) is 0 Å². The van der Waals surface area contributed by atoms with Gasteiger partial charge in [-0.3, -0.25) is 14.9 Å². The highest BCUT2D eigenvalue weighted by atomic mass is 16.6. The number of carbonyl (C=O) groups excluding carboxylic acids is 2. The Morgan fingerprint density at radius 2 is 1.48 bits per heavy atom. The number of carbonyl (C=O) groups is 2. The average molecular weight is 382 g/mol. The van der Waals surface area contributed by atoms with Gasteiger partial charge in [0, 0.05) is 18.2 Å². The molecule has 0 radical (unpaired) electrons. The maximum absolute atomic E-state index is 12.6. The minimum atomic E-state index is -1.10. The summed E-state index contributed by atoms with van der Waals surface area (Å²) in [6.07, 6.45) is -1.10. The molecule has 0 unspecified atom stereocenters. The van der Waals surface area contributed by atoms with Gasteiger partial charge in [0.15, 0.2) is 17.6 Å². The summed E-state index contributed by atoms with van der Waals surface area (Å²) < 4.78 is 15.3. The number of rotatable bonds is 8. The fourth-order valence-corrected chi connectivity index (χ4v) is 2.77. The number of methoxy groups -OCH3 is 2. The van der Waals surface area contributed by atoms with E-state index in [0.29, 0.717) is 0 Å². The molecule has 0 aliphatic heterocycles. The van der Waals surface area contributed by atoms with Crippen molar-refractivity contribution in [2.24, 2.45) is 0 Å². The lowest BCUT2D eigenvalue weighted by molar-refractivity contribution is -0.385. The first-order chi connectivity index (χ1) is 12.5. The summed E-state index contributed by atoms with van der Waals surface area (Å²) in [7, 11) is 2.67. The van der Waals surface area contributed by atoms with Crippen LogP contribution >= 0.6 is 0 Å². The Morgan fingerprint density at radius 3 is 1.89 bits per heavy atom. The Labute approximate surface area is 158 Å². The first-order valence-corrected chi connectivity index (χ1v) is 8.48. The van der Waals surface area contributed by atoms with E-state index in [-0.39, 0.29) is 35.1 Å². The maximum atomic E-state index is 12.6. The predicted molar refractivity (Wildman–Crippen MR) is 98.2 cm³/mol. The molecule has 1 amide bonds. The van der Waals surface area contributed by atoms with Gasteiger partial charge in [0.25, 0.3) is 11.6 Å². The lowest BCUT2D eigenvalue weighted by atomic mass is 10.1. The van der Waals surface area contributed by atoms with Gasteiger partial charge in [-0.2, -0.15) is 0 Å². The standard InChI is InChI=1S/C18H26N2O7/c1-10(2)19(11(3)4)17(21)12(5)27-18(22)13-8-15(25-6)16(26-7)9-14(13)20(23)24/h8-12H,1-7H3/t12-/m0/s1. The Hall–Kier alpha value is -2.84. The number of nitrogens with zero attached hydrogens (tertiary/aromatic N) is 2. The van der Waals surface area contributed by atoms with Crippen LogP contribution in [0.4, 0.5) is 5.69 Å². The molecule has 150 valence electrons. The molecule has 1 rings (SSSR count). The molecule has 0 N–H and O–H groups in total. The van der Waals surface area contributed by atoms with Crippen LogP contribution in [-0.2, 0) is 9.53 Å². The van der Waals surface area contributed by atoms with Gasteiger partial charge in [0.2, 0.25) is 0 Å². The van der Waals surface area contributed by atoms with E-state index in [1.807, 2.05) is 27.7 Å². The molecule has 0 heterocycles. The zero-order chi connectivity index (χ0) is 20.9. The number of ether oxygens (including phenoxy) is 3. The number of hydrogen-bond acceptors (Lipinski definition) is 7. The van der Waals surface area contributed by atoms with Gasteiger partial charge in [0.05, 0.1) is 25.2 Å². The molecule has 1 atom stereocenters. The van der Waals surface area contributed by atoms with Crippen LogP contribution in [0, 0.1) is 10.1 Å². The van der Waals surface area contributed by atoms with Crippen molar-refractivity contribution in [3.63, 3.8) is 0 Å². The molecule has 1 aromatic rings. The molecule has 9 heteroatoms. The van der Waals surface area contributed by atoms with Crippen LogP contribution in [0.25, 0.3) is 0 Å². The summed E-state index contributed by atoms with van der Waals surface area (Å²) in [5, 5.41) is 11.3. The van der Waals surface area contributed by atoms with E-state index in [1.54, 1.807) is 4.90 Å². The summed E-state index contributed by atoms with van der Waals surface area (Å²) in [5.74, 6) is -1.12. The van der Waals surface area contributed by atoms with Crippen molar-refractivity contribution in [1.29, 1.82) is 0 Å². The van der Waals surface area contributed by atoms with Crippen LogP contribution in [0.1, 0.15) is 45.0 Å². The van der Waals surface area contributed by atoms with E-state index in [1.165, 1.54) is 27.2 Å². The fourth-order valence-electron chi connectivity index (χ4n) is 2.77. The molecule has 0 aliphatic rings. The van der Waals surface area contributed by atoms with Gasteiger partial charge in [-0.05, 0) is 34.6 Å². The summed E-state index contributed by atoms with van der Waals surface area (Å²) in [4.78, 5) is 37.3. The van der Waals surface area contributed by atoms with Crippen molar-refractivity contribution in [1.82, 2.24) is 4.90 Å². The minimum Gasteiger partial charge on any atom is -0.493 e. The second-order valence-corrected chi connectivity index (χ2v) is 6.46. The second kappa shape index (κ2) is 9.20. The zero-order valence-corrected chi connectivity index (χ0v) is 16.6. The van der Waals surface area contributed by atoms with Gasteiger partial charge < -0.3 is 19.1 Å². The average Bonchev–Trinajstić information content (AvgIpc) is 2.59. The molecule has 27 heavy (non-hydrogen) atoms. The minimum absolute atomic E-state index is 0.0888. The number of hydrogen-bond donors (Lipinski definition) is 0. The molecule has 1 aromatic carbocycles. The third-order valence-electron chi connectivity index (χ3n) is 3.92. The summed E-state index contributed by atoms with van der Waals surface area (Å²) in [6, 6.07) is 2.07. The monoisotopic (exact) mass is 382 g/mol. The van der Waals surface area contributed by atoms with Crippen molar-refractivity contribution in [3.8, 4) is 11.5 Å². The molecule has 0 fully saturated rings. The molecule has 0 aromatic heterocycles. The quantitative estimate of drug-likeness (QED) is 0.386. The van der Waals surface area contributed by atoms with Gasteiger partial charge in [0.1, 0.15) is 5.56 Å². The fraction of sp³-hybridized carbons (Fsp3) is 0.556. The largest absolute Gasteiger partial charge is 0.493 e. The van der Waals surface area contributed by atoms with Gasteiger partial charge in [-0.15, -0.1) is 0 Å². The molecule has 0 saturated heterocycles. The highest BCUT2D eigenvalue weighted by Crippen LogP contribution is 2.35. The van der Waals surface area contributed by atoms with E-state index in [9.17, 15) is 19.7 Å². The zero-order valence-electron chi connectivity index (χ0n) is 16.6. The second-order valence-electron chi connectivity index (χ2n) is 6.46. The van der Waals surface area contributed by atoms with Crippen molar-refractivity contribution >= 4 is 17.6 Å². The summed E-state index contributed by atoms with van der Waals surface area (Å²) in [6.45, 7) is 8.85. The highest BCUT2D eigenvalue weighted by Gasteiger charge is 2.31. The van der Waals surface area contributed by atoms with E-state index < -0.39 is 22.7 Å². The van der Waals surface area contributed by atoms with Crippen LogP contribution in [0.5, 0.6) is 11.5 Å². The number of nitro groups is 1. The smallest absolute Gasteiger partial charge is 0.346 e. The van der Waals surface area contributed by atoms with E-state index in [0.717, 1.165) is 6.07 Å². The number of nitro benzene ring substituents is 1. The van der Waals surface area contributed by atoms with Gasteiger partial charge in [-0.25, -0.2) is 4.79 Å². The Kier molecular flexibility index (Phi) is 7.56. The molecule has 0 spiro atoms. The van der Waals surface area contributed by atoms with Crippen molar-refractivity contribution in [2.75, 3.05) is 14.2 Å². The molecular formula is C18H26N2O7. The SMILES string of the molecule is COc1cc(C(=O)O[C@@H](C)C(=O)N(C(C)C)C(C)C)c([N+](=O)[O-])cc1OC. The van der Waals surface area contributed by atoms with Crippen molar-refractivity contribution in [3.05, 3.63) is 27.8 Å². The highest BCUT2D eigenvalue weighted by molar-refractivity contribution is 5.96. The number of amides is 1. The van der Waals surface area contributed by atoms with E-state index >= 15 is 0 Å². The third-order valence-corrected chi connectivity index (χ3v) is 3.92. The van der Waals surface area contributed by atoms with E-state index in [4.69, 9.17) is 14.2 Å². The van der Waals surface area contributed by atoms with Crippen LogP contribution in [0.2, 0.25) is 0 Å². The van der Waals surface area contributed by atoms with Crippen LogP contribution in [-0.4, -0.2) is 54.1 Å². The summed E-state index contributed by atoms with van der Waals surface area (Å²) >= 11 is 0. The first kappa shape index (κ1) is 22.2. The summed E-state index contributed by atoms with van der Waals surface area (Å²) in [5.41, 5.74) is -0.820. The molecule has 0 aliphatic carbocycles. The van der Waals surface area contributed by atoms with Crippen molar-refractivity contribution < 1.29 is 28.7 Å². The third kappa shape index (κ3) is 5.08. The first-order valence-electron chi connectivity index (χ1n) is 8.48. The topological polar surface area (TPSA) is 108 Å². The Morgan fingerprint density at radius 1 is 1.00 bits per heavy atom. The molecule has 0 bridgehead atoms. The van der Waals surface area contributed by atoms with Crippen molar-refractivity contribution in [2.45, 2.75) is 52.8 Å². The predicted octanol–water partition coefficient (Wildman–Crippen LogP) is 2.80. The van der Waals surface area contributed by atoms with Crippen LogP contribution in [0.15, 0.2) is 12.1 Å².